The zero-order valence-corrected chi connectivity index (χ0v) is 12.2. The van der Waals surface area contributed by atoms with Gasteiger partial charge in [0.1, 0.15) is 5.82 Å². The second kappa shape index (κ2) is 6.32. The van der Waals surface area contributed by atoms with Crippen molar-refractivity contribution < 1.29 is 31.8 Å². The van der Waals surface area contributed by atoms with E-state index in [-0.39, 0.29) is 35.3 Å². The lowest BCUT2D eigenvalue weighted by Crippen LogP contribution is -2.32. The maximum absolute atomic E-state index is 13.8. The van der Waals surface area contributed by atoms with Crippen LogP contribution in [0.2, 0.25) is 0 Å². The summed E-state index contributed by atoms with van der Waals surface area (Å²) in [6.07, 6.45) is 0. The van der Waals surface area contributed by atoms with Gasteiger partial charge in [0.15, 0.2) is 0 Å². The van der Waals surface area contributed by atoms with Crippen LogP contribution in [0.3, 0.4) is 0 Å². The van der Waals surface area contributed by atoms with Crippen LogP contribution in [0.5, 0.6) is 0 Å². The predicted octanol–water partition coefficient (Wildman–Crippen LogP) is -0.691. The Hall–Kier alpha value is -1.14. The topological polar surface area (TPSA) is 113 Å². The van der Waals surface area contributed by atoms with Crippen molar-refractivity contribution in [2.24, 2.45) is 0 Å². The number of rotatable bonds is 5. The van der Waals surface area contributed by atoms with Gasteiger partial charge in [-0.15, -0.1) is 0 Å². The molecule has 0 aromatic heterocycles. The summed E-state index contributed by atoms with van der Waals surface area (Å²) in [5.41, 5.74) is 0.530. The minimum atomic E-state index is -4.17. The molecular weight excluding hydrogens is 324 g/mol. The minimum absolute atomic E-state index is 0.0698. The molecule has 0 bridgehead atoms. The summed E-state index contributed by atoms with van der Waals surface area (Å²) in [4.78, 5) is 11.8. The first-order chi connectivity index (χ1) is 9.78. The molecule has 0 fully saturated rings. The average Bonchev–Trinajstić information content (AvgIpc) is 2.73. The van der Waals surface area contributed by atoms with Gasteiger partial charge in [-0.25, -0.2) is 4.39 Å². The number of carbonyl (C=O) groups is 1. The number of carbonyl (C=O) groups excluding carboxylic acids is 1. The van der Waals surface area contributed by atoms with Crippen LogP contribution in [0.25, 0.3) is 0 Å². The summed E-state index contributed by atoms with van der Waals surface area (Å²) in [6.45, 7) is -0.000807. The molecule has 0 radical (unpaired) electrons. The van der Waals surface area contributed by atoms with Gasteiger partial charge in [0.05, 0.1) is 12.2 Å². The van der Waals surface area contributed by atoms with Gasteiger partial charge >= 0.3 is 16.3 Å². The van der Waals surface area contributed by atoms with E-state index in [9.17, 15) is 22.6 Å². The lowest BCUT2D eigenvalue weighted by Gasteiger charge is -2.07. The number of hydrogen-bond acceptors (Lipinski definition) is 6. The molecule has 0 saturated carbocycles. The highest BCUT2D eigenvalue weighted by Gasteiger charge is 2.29. The monoisotopic (exact) mass is 335 g/mol. The summed E-state index contributed by atoms with van der Waals surface area (Å²) in [5, 5.41) is 11.8. The lowest BCUT2D eigenvalue weighted by molar-refractivity contribution is 0.0952. The van der Waals surface area contributed by atoms with Gasteiger partial charge in [0.2, 0.25) is 0 Å². The summed E-state index contributed by atoms with van der Waals surface area (Å²) in [5.74, 6) is -1.58. The van der Waals surface area contributed by atoms with Gasteiger partial charge in [-0.1, -0.05) is 0 Å². The second-order valence-corrected chi connectivity index (χ2v) is 7.67. The van der Waals surface area contributed by atoms with Crippen molar-refractivity contribution in [1.82, 2.24) is 5.32 Å². The molecular formula is C10H11BFNO6S2. The maximum atomic E-state index is 13.8. The number of benzene rings is 1. The molecule has 0 unspecified atom stereocenters. The first kappa shape index (κ1) is 16.2. The molecule has 1 aliphatic heterocycles. The summed E-state index contributed by atoms with van der Waals surface area (Å²) in [7, 11) is -5.11. The number of nitrogens with one attached hydrogen (secondary N) is 1. The molecule has 1 aromatic carbocycles. The van der Waals surface area contributed by atoms with Crippen molar-refractivity contribution in [3.05, 3.63) is 29.1 Å². The third-order valence-corrected chi connectivity index (χ3v) is 4.82. The maximum Gasteiger partial charge on any atom is 0.491 e. The van der Waals surface area contributed by atoms with E-state index in [1.807, 2.05) is 0 Å². The van der Waals surface area contributed by atoms with Gasteiger partial charge in [-0.2, -0.15) is 8.42 Å². The molecule has 0 atom stereocenters. The summed E-state index contributed by atoms with van der Waals surface area (Å²) < 4.78 is 48.1. The largest absolute Gasteiger partial charge is 0.491 e. The Morgan fingerprint density at radius 1 is 1.52 bits per heavy atom. The third kappa shape index (κ3) is 4.17. The van der Waals surface area contributed by atoms with Gasteiger partial charge in [0, 0.05) is 12.3 Å². The predicted molar refractivity (Wildman–Crippen MR) is 75.1 cm³/mol. The van der Waals surface area contributed by atoms with Crippen molar-refractivity contribution in [3.8, 4) is 0 Å². The highest BCUT2D eigenvalue weighted by molar-refractivity contribution is 8.69. The Morgan fingerprint density at radius 2 is 2.24 bits per heavy atom. The number of fused-ring (bicyclic) bond motifs is 1. The summed E-state index contributed by atoms with van der Waals surface area (Å²) in [6, 6.07) is 2.32. The Balaban J connectivity index is 2.01. The summed E-state index contributed by atoms with van der Waals surface area (Å²) >= 11 is 0. The van der Waals surface area contributed by atoms with Gasteiger partial charge in [0.25, 0.3) is 5.91 Å². The lowest BCUT2D eigenvalue weighted by atomic mass is 9.78. The van der Waals surface area contributed by atoms with Crippen LogP contribution < -0.4 is 10.8 Å². The molecule has 1 aliphatic rings. The molecule has 21 heavy (non-hydrogen) atoms. The van der Waals surface area contributed by atoms with E-state index in [0.29, 0.717) is 11.0 Å². The van der Waals surface area contributed by atoms with Crippen molar-refractivity contribution in [2.75, 3.05) is 12.3 Å². The zero-order chi connectivity index (χ0) is 15.6. The number of halogens is 1. The van der Waals surface area contributed by atoms with E-state index in [2.05, 4.69) is 5.32 Å². The normalized spacial score (nSPS) is 14.1. The van der Waals surface area contributed by atoms with Crippen LogP contribution in [0.4, 0.5) is 4.39 Å². The highest BCUT2D eigenvalue weighted by Crippen LogP contribution is 2.15. The van der Waals surface area contributed by atoms with Crippen molar-refractivity contribution in [2.45, 2.75) is 6.61 Å². The van der Waals surface area contributed by atoms with Gasteiger partial charge < -0.3 is 15.0 Å². The van der Waals surface area contributed by atoms with E-state index in [4.69, 9.17) is 9.21 Å². The van der Waals surface area contributed by atoms with Crippen LogP contribution in [-0.2, 0) is 20.4 Å². The highest BCUT2D eigenvalue weighted by atomic mass is 33.1. The fourth-order valence-corrected chi connectivity index (χ4v) is 3.10. The molecule has 11 heteroatoms. The van der Waals surface area contributed by atoms with E-state index in [1.165, 1.54) is 6.07 Å². The van der Waals surface area contributed by atoms with Crippen LogP contribution in [0.15, 0.2) is 12.1 Å². The smallest absolute Gasteiger partial charge is 0.423 e. The molecule has 0 spiro atoms. The SMILES string of the molecule is O=C(NCCSS(=O)(=O)O)c1cc2c(cc1F)COB2O. The molecule has 7 nitrogen and oxygen atoms in total. The van der Waals surface area contributed by atoms with Crippen molar-refractivity contribution in [3.63, 3.8) is 0 Å². The average molecular weight is 335 g/mol. The Kier molecular flexibility index (Phi) is 4.89. The van der Waals surface area contributed by atoms with Crippen molar-refractivity contribution >= 4 is 38.4 Å². The molecule has 3 N–H and O–H groups in total. The molecule has 1 heterocycles. The fourth-order valence-electron chi connectivity index (χ4n) is 1.83. The van der Waals surface area contributed by atoms with Crippen LogP contribution in [-0.4, -0.2) is 43.3 Å². The van der Waals surface area contributed by atoms with E-state index < -0.39 is 28.0 Å². The van der Waals surface area contributed by atoms with E-state index in [1.54, 1.807) is 0 Å². The molecule has 1 aromatic rings. The standard InChI is InChI=1S/C10H11BFNO6S2/c12-9-3-6-5-19-11(15)8(6)4-7(9)10(14)13-1-2-20-21(16,17)18/h3-4,15H,1-2,5H2,(H,13,14)(H,16,17,18). The molecule has 1 amide bonds. The quantitative estimate of drug-likeness (QED) is 0.282. The first-order valence-electron chi connectivity index (χ1n) is 5.80. The number of hydrogen-bond donors (Lipinski definition) is 3. The Bertz CT molecular complexity index is 668. The van der Waals surface area contributed by atoms with E-state index in [0.717, 1.165) is 6.07 Å². The van der Waals surface area contributed by atoms with Crippen LogP contribution >= 0.6 is 10.8 Å². The zero-order valence-electron chi connectivity index (χ0n) is 10.6. The Labute approximate surface area is 124 Å². The first-order valence-corrected chi connectivity index (χ1v) is 8.74. The van der Waals surface area contributed by atoms with Crippen LogP contribution in [0, 0.1) is 5.82 Å². The van der Waals surface area contributed by atoms with Gasteiger partial charge in [-0.05, 0) is 34.0 Å². The second-order valence-electron chi connectivity index (χ2n) is 4.20. The molecule has 0 saturated heterocycles. The third-order valence-electron chi connectivity index (χ3n) is 2.76. The number of amides is 1. The van der Waals surface area contributed by atoms with Gasteiger partial charge in [-0.3, -0.25) is 9.35 Å². The Morgan fingerprint density at radius 3 is 2.90 bits per heavy atom. The molecule has 0 aliphatic carbocycles. The molecule has 114 valence electrons. The fraction of sp³-hybridized carbons (Fsp3) is 0.300. The van der Waals surface area contributed by atoms with E-state index >= 15 is 0 Å². The molecule has 2 rings (SSSR count). The van der Waals surface area contributed by atoms with Crippen molar-refractivity contribution in [1.29, 1.82) is 0 Å². The van der Waals surface area contributed by atoms with Crippen LogP contribution in [0.1, 0.15) is 15.9 Å². The minimum Gasteiger partial charge on any atom is -0.423 e.